The van der Waals surface area contributed by atoms with E-state index in [1.807, 2.05) is 0 Å². The lowest BCUT2D eigenvalue weighted by atomic mass is 9.97. The highest BCUT2D eigenvalue weighted by molar-refractivity contribution is 6.37. The Balaban J connectivity index is 2.78. The molecule has 0 spiro atoms. The minimum atomic E-state index is -1.20. The molecule has 0 atom stereocenters. The minimum Gasteiger partial charge on any atom is -0.478 e. The van der Waals surface area contributed by atoms with Gasteiger partial charge in [0.1, 0.15) is 0 Å². The summed E-state index contributed by atoms with van der Waals surface area (Å²) in [6.07, 6.45) is 0. The van der Waals surface area contributed by atoms with Crippen molar-refractivity contribution in [2.45, 2.75) is 0 Å². The zero-order chi connectivity index (χ0) is 14.0. The van der Waals surface area contributed by atoms with Crippen LogP contribution >= 0.6 is 11.6 Å². The Bertz CT molecular complexity index is 650. The van der Waals surface area contributed by atoms with Gasteiger partial charge in [-0.2, -0.15) is 0 Å². The van der Waals surface area contributed by atoms with Crippen molar-refractivity contribution in [3.8, 4) is 11.1 Å². The van der Waals surface area contributed by atoms with Crippen molar-refractivity contribution in [3.05, 3.63) is 58.6 Å². The van der Waals surface area contributed by atoms with Gasteiger partial charge < -0.3 is 10.2 Å². The molecular weight excluding hydrogens is 268 g/mol. The van der Waals surface area contributed by atoms with E-state index in [0.29, 0.717) is 5.56 Å². The number of rotatable bonds is 3. The highest BCUT2D eigenvalue weighted by atomic mass is 35.5. The van der Waals surface area contributed by atoms with Gasteiger partial charge in [-0.3, -0.25) is 0 Å². The van der Waals surface area contributed by atoms with E-state index in [4.69, 9.17) is 16.7 Å². The fourth-order valence-corrected chi connectivity index (χ4v) is 2.16. The molecule has 0 aromatic heterocycles. The van der Waals surface area contributed by atoms with Crippen molar-refractivity contribution < 1.29 is 19.8 Å². The van der Waals surface area contributed by atoms with Gasteiger partial charge in [0.2, 0.25) is 0 Å². The van der Waals surface area contributed by atoms with Gasteiger partial charge in [0.05, 0.1) is 16.1 Å². The second-order valence-electron chi connectivity index (χ2n) is 3.83. The summed E-state index contributed by atoms with van der Waals surface area (Å²) in [5.41, 5.74) is 0.634. The van der Waals surface area contributed by atoms with Crippen LogP contribution in [0.25, 0.3) is 11.1 Å². The monoisotopic (exact) mass is 276 g/mol. The lowest BCUT2D eigenvalue weighted by Crippen LogP contribution is -2.05. The molecule has 2 N–H and O–H groups in total. The van der Waals surface area contributed by atoms with Gasteiger partial charge in [-0.15, -0.1) is 0 Å². The average Bonchev–Trinajstić information content (AvgIpc) is 2.38. The number of aromatic carboxylic acids is 2. The average molecular weight is 277 g/mol. The van der Waals surface area contributed by atoms with E-state index in [-0.39, 0.29) is 21.7 Å². The van der Waals surface area contributed by atoms with Crippen LogP contribution in [0.5, 0.6) is 0 Å². The van der Waals surface area contributed by atoms with Gasteiger partial charge in [-0.05, 0) is 17.7 Å². The molecular formula is C14H9ClO4. The molecule has 0 radical (unpaired) electrons. The molecule has 5 heteroatoms. The first-order chi connectivity index (χ1) is 9.02. The third kappa shape index (κ3) is 2.44. The summed E-state index contributed by atoms with van der Waals surface area (Å²) in [6, 6.07) is 11.0. The van der Waals surface area contributed by atoms with Gasteiger partial charge in [0.15, 0.2) is 0 Å². The summed E-state index contributed by atoms with van der Waals surface area (Å²) in [4.78, 5) is 22.3. The van der Waals surface area contributed by atoms with Crippen LogP contribution in [0.2, 0.25) is 5.02 Å². The van der Waals surface area contributed by atoms with Crippen molar-refractivity contribution in [1.82, 2.24) is 0 Å². The van der Waals surface area contributed by atoms with Crippen molar-refractivity contribution in [2.24, 2.45) is 0 Å². The summed E-state index contributed by atoms with van der Waals surface area (Å²) in [5.74, 6) is -2.35. The first kappa shape index (κ1) is 13.1. The summed E-state index contributed by atoms with van der Waals surface area (Å²) >= 11 is 6.04. The Morgan fingerprint density at radius 2 is 1.37 bits per heavy atom. The molecule has 0 heterocycles. The number of carboxylic acid groups (broad SMARTS) is 2. The van der Waals surface area contributed by atoms with Crippen molar-refractivity contribution in [2.75, 3.05) is 0 Å². The Hall–Kier alpha value is -2.33. The van der Waals surface area contributed by atoms with Gasteiger partial charge in [-0.1, -0.05) is 41.9 Å². The van der Waals surface area contributed by atoms with Crippen molar-refractivity contribution in [1.29, 1.82) is 0 Å². The van der Waals surface area contributed by atoms with Crippen LogP contribution in [-0.4, -0.2) is 22.2 Å². The molecule has 0 unspecified atom stereocenters. The maximum Gasteiger partial charge on any atom is 0.337 e. The SMILES string of the molecule is O=C(O)c1ccc(C(=O)O)c(-c2ccccc2)c1Cl. The Morgan fingerprint density at radius 1 is 0.842 bits per heavy atom. The first-order valence-corrected chi connectivity index (χ1v) is 5.74. The number of hydrogen-bond acceptors (Lipinski definition) is 2. The molecule has 19 heavy (non-hydrogen) atoms. The third-order valence-corrected chi connectivity index (χ3v) is 3.06. The molecule has 2 aromatic rings. The molecule has 0 amide bonds. The van der Waals surface area contributed by atoms with Crippen LogP contribution in [0.4, 0.5) is 0 Å². The molecule has 4 nitrogen and oxygen atoms in total. The second-order valence-corrected chi connectivity index (χ2v) is 4.20. The number of benzene rings is 2. The molecule has 0 aliphatic heterocycles. The first-order valence-electron chi connectivity index (χ1n) is 5.37. The van der Waals surface area contributed by atoms with E-state index in [9.17, 15) is 14.7 Å². The van der Waals surface area contributed by atoms with Gasteiger partial charge in [0, 0.05) is 5.56 Å². The lowest BCUT2D eigenvalue weighted by Gasteiger charge is -2.11. The highest BCUT2D eigenvalue weighted by Crippen LogP contribution is 2.34. The van der Waals surface area contributed by atoms with E-state index in [0.717, 1.165) is 0 Å². The minimum absolute atomic E-state index is 0.0267. The van der Waals surface area contributed by atoms with Crippen LogP contribution in [0.1, 0.15) is 20.7 Å². The van der Waals surface area contributed by atoms with E-state index >= 15 is 0 Å². The third-order valence-electron chi connectivity index (χ3n) is 2.67. The van der Waals surface area contributed by atoms with Gasteiger partial charge in [0.25, 0.3) is 0 Å². The van der Waals surface area contributed by atoms with E-state index in [1.165, 1.54) is 12.1 Å². The smallest absolute Gasteiger partial charge is 0.337 e. The predicted molar refractivity (Wildman–Crippen MR) is 70.8 cm³/mol. The summed E-state index contributed by atoms with van der Waals surface area (Å²) in [6.45, 7) is 0. The molecule has 0 fully saturated rings. The lowest BCUT2D eigenvalue weighted by molar-refractivity contribution is 0.0682. The van der Waals surface area contributed by atoms with Gasteiger partial charge >= 0.3 is 11.9 Å². The summed E-state index contributed by atoms with van der Waals surface area (Å²) in [5, 5.41) is 18.1. The fraction of sp³-hybridized carbons (Fsp3) is 0. The van der Waals surface area contributed by atoms with Gasteiger partial charge in [-0.25, -0.2) is 9.59 Å². The molecule has 2 rings (SSSR count). The van der Waals surface area contributed by atoms with E-state index in [1.54, 1.807) is 30.3 Å². The van der Waals surface area contributed by atoms with Crippen LogP contribution in [0, 0.1) is 0 Å². The second kappa shape index (κ2) is 5.12. The zero-order valence-electron chi connectivity index (χ0n) is 9.63. The van der Waals surface area contributed by atoms with Crippen molar-refractivity contribution in [3.63, 3.8) is 0 Å². The molecule has 0 aliphatic carbocycles. The topological polar surface area (TPSA) is 74.6 Å². The predicted octanol–water partition coefficient (Wildman–Crippen LogP) is 3.40. The molecule has 2 aromatic carbocycles. The fourth-order valence-electron chi connectivity index (χ4n) is 1.81. The Kier molecular flexibility index (Phi) is 3.53. The van der Waals surface area contributed by atoms with Crippen LogP contribution in [0.3, 0.4) is 0 Å². The number of hydrogen-bond donors (Lipinski definition) is 2. The highest BCUT2D eigenvalue weighted by Gasteiger charge is 2.20. The maximum atomic E-state index is 11.2. The largest absolute Gasteiger partial charge is 0.478 e. The number of halogens is 1. The quantitative estimate of drug-likeness (QED) is 0.901. The van der Waals surface area contributed by atoms with Crippen LogP contribution in [0.15, 0.2) is 42.5 Å². The molecule has 0 saturated carbocycles. The zero-order valence-corrected chi connectivity index (χ0v) is 10.4. The van der Waals surface area contributed by atoms with E-state index < -0.39 is 11.9 Å². The number of carboxylic acids is 2. The Labute approximate surface area is 113 Å². The molecule has 96 valence electrons. The van der Waals surface area contributed by atoms with Crippen LogP contribution < -0.4 is 0 Å². The molecule has 0 saturated heterocycles. The Morgan fingerprint density at radius 3 is 1.89 bits per heavy atom. The standard InChI is InChI=1S/C14H9ClO4/c15-12-10(14(18)19)7-6-9(13(16)17)11(12)8-4-2-1-3-5-8/h1-7H,(H,16,17)(H,18,19). The summed E-state index contributed by atoms with van der Waals surface area (Å²) < 4.78 is 0. The molecule has 0 bridgehead atoms. The van der Waals surface area contributed by atoms with Crippen LogP contribution in [-0.2, 0) is 0 Å². The molecule has 0 aliphatic rings. The van der Waals surface area contributed by atoms with Crippen molar-refractivity contribution >= 4 is 23.5 Å². The number of carbonyl (C=O) groups is 2. The van der Waals surface area contributed by atoms with E-state index in [2.05, 4.69) is 0 Å². The normalized spacial score (nSPS) is 10.2. The maximum absolute atomic E-state index is 11.2. The summed E-state index contributed by atoms with van der Waals surface area (Å²) in [7, 11) is 0.